The summed E-state index contributed by atoms with van der Waals surface area (Å²) in [4.78, 5) is 16.3. The number of hydrogen-bond acceptors (Lipinski definition) is 4. The third-order valence-electron chi connectivity index (χ3n) is 3.98. The summed E-state index contributed by atoms with van der Waals surface area (Å²) < 4.78 is 1.82. The highest BCUT2D eigenvalue weighted by molar-refractivity contribution is 5.91. The molecular weight excluding hydrogens is 314 g/mol. The van der Waals surface area contributed by atoms with Crippen molar-refractivity contribution in [2.75, 3.05) is 11.9 Å². The number of anilines is 1. The summed E-state index contributed by atoms with van der Waals surface area (Å²) in [6.45, 7) is 3.68. The van der Waals surface area contributed by atoms with Crippen molar-refractivity contribution in [1.29, 1.82) is 0 Å². The molecule has 1 amide bonds. The Kier molecular flexibility index (Phi) is 6.12. The van der Waals surface area contributed by atoms with Crippen LogP contribution in [0.5, 0.6) is 0 Å². The van der Waals surface area contributed by atoms with Gasteiger partial charge < -0.3 is 10.6 Å². The van der Waals surface area contributed by atoms with Crippen molar-refractivity contribution in [2.45, 2.75) is 32.4 Å². The Morgan fingerprint density at radius 3 is 2.91 bits per heavy atom. The summed E-state index contributed by atoms with van der Waals surface area (Å²) >= 11 is 0. The first-order valence-electron chi connectivity index (χ1n) is 7.67. The smallest absolute Gasteiger partial charge is 0.228 e. The highest BCUT2D eigenvalue weighted by atomic mass is 35.5. The number of carbonyl (C=O) groups excluding carboxylic acids is 1. The van der Waals surface area contributed by atoms with Crippen molar-refractivity contribution < 1.29 is 4.79 Å². The maximum atomic E-state index is 12.3. The molecule has 0 aromatic carbocycles. The molecule has 0 saturated carbocycles. The predicted octanol–water partition coefficient (Wildman–Crippen LogP) is 2.07. The molecule has 7 heteroatoms. The normalized spacial score (nSPS) is 20.6. The van der Waals surface area contributed by atoms with Crippen molar-refractivity contribution in [3.05, 3.63) is 42.4 Å². The van der Waals surface area contributed by atoms with Crippen molar-refractivity contribution >= 4 is 24.1 Å². The van der Waals surface area contributed by atoms with Crippen LogP contribution in [0, 0.1) is 5.92 Å². The Balaban J connectivity index is 0.00000192. The van der Waals surface area contributed by atoms with Crippen molar-refractivity contribution in [2.24, 2.45) is 5.92 Å². The fourth-order valence-electron chi connectivity index (χ4n) is 2.79. The van der Waals surface area contributed by atoms with Crippen LogP contribution < -0.4 is 10.6 Å². The van der Waals surface area contributed by atoms with Crippen LogP contribution in [0.15, 0.2) is 36.8 Å². The Hall–Kier alpha value is -1.92. The Bertz CT molecular complexity index is 630. The largest absolute Gasteiger partial charge is 0.314 e. The van der Waals surface area contributed by atoms with Gasteiger partial charge in [-0.25, -0.2) is 0 Å². The Morgan fingerprint density at radius 2 is 2.17 bits per heavy atom. The number of amides is 1. The maximum Gasteiger partial charge on any atom is 0.228 e. The summed E-state index contributed by atoms with van der Waals surface area (Å²) in [6.07, 6.45) is 7.16. The van der Waals surface area contributed by atoms with E-state index in [1.807, 2.05) is 29.1 Å². The van der Waals surface area contributed by atoms with E-state index >= 15 is 0 Å². The summed E-state index contributed by atoms with van der Waals surface area (Å²) in [5, 5.41) is 10.7. The van der Waals surface area contributed by atoms with Gasteiger partial charge >= 0.3 is 0 Å². The van der Waals surface area contributed by atoms with E-state index in [4.69, 9.17) is 0 Å². The number of nitrogens with zero attached hydrogens (tertiary/aromatic N) is 3. The van der Waals surface area contributed by atoms with Crippen molar-refractivity contribution in [1.82, 2.24) is 20.1 Å². The van der Waals surface area contributed by atoms with Crippen LogP contribution in [-0.2, 0) is 11.3 Å². The molecule has 0 bridgehead atoms. The average Bonchev–Trinajstić information content (AvgIpc) is 2.95. The first-order chi connectivity index (χ1) is 10.7. The lowest BCUT2D eigenvalue weighted by molar-refractivity contribution is -0.120. The molecule has 0 unspecified atom stereocenters. The van der Waals surface area contributed by atoms with E-state index in [0.29, 0.717) is 18.4 Å². The van der Waals surface area contributed by atoms with Crippen LogP contribution >= 0.6 is 12.4 Å². The fraction of sp³-hybridized carbons (Fsp3) is 0.438. The van der Waals surface area contributed by atoms with Gasteiger partial charge in [0, 0.05) is 36.6 Å². The SMILES string of the molecule is C[C@H]1C[C@@H](C(=O)Nc2ccn(Cc3ccncc3)n2)CCN1.Cl. The van der Waals surface area contributed by atoms with E-state index < -0.39 is 0 Å². The lowest BCUT2D eigenvalue weighted by atomic mass is 9.92. The number of carbonyl (C=O) groups is 1. The summed E-state index contributed by atoms with van der Waals surface area (Å²) in [5.41, 5.74) is 1.13. The number of aromatic nitrogens is 3. The van der Waals surface area contributed by atoms with Crippen LogP contribution in [-0.4, -0.2) is 33.3 Å². The van der Waals surface area contributed by atoms with Gasteiger partial charge in [0.25, 0.3) is 0 Å². The van der Waals surface area contributed by atoms with Gasteiger partial charge in [-0.05, 0) is 44.0 Å². The molecule has 2 N–H and O–H groups in total. The standard InChI is InChI=1S/C16H21N5O.ClH/c1-12-10-14(4-8-18-12)16(22)19-15-5-9-21(20-15)11-13-2-6-17-7-3-13;/h2-3,5-7,9,12,14,18H,4,8,10-11H2,1H3,(H,19,20,22);1H/t12-,14-;/m0./s1. The molecule has 3 heterocycles. The third kappa shape index (κ3) is 4.77. The lowest BCUT2D eigenvalue weighted by Crippen LogP contribution is -2.40. The van der Waals surface area contributed by atoms with E-state index in [1.165, 1.54) is 0 Å². The van der Waals surface area contributed by atoms with Crippen molar-refractivity contribution in [3.8, 4) is 0 Å². The van der Waals surface area contributed by atoms with Gasteiger partial charge in [-0.1, -0.05) is 0 Å². The highest BCUT2D eigenvalue weighted by Crippen LogP contribution is 2.18. The first kappa shape index (κ1) is 17.4. The second-order valence-electron chi connectivity index (χ2n) is 5.82. The van der Waals surface area contributed by atoms with Crippen LogP contribution in [0.3, 0.4) is 0 Å². The molecule has 0 radical (unpaired) electrons. The van der Waals surface area contributed by atoms with Crippen LogP contribution in [0.4, 0.5) is 5.82 Å². The molecule has 2 aromatic rings. The monoisotopic (exact) mass is 335 g/mol. The van der Waals surface area contributed by atoms with Crippen LogP contribution in [0.2, 0.25) is 0 Å². The number of nitrogens with one attached hydrogen (secondary N) is 2. The Morgan fingerprint density at radius 1 is 1.39 bits per heavy atom. The number of hydrogen-bond donors (Lipinski definition) is 2. The molecule has 0 aliphatic carbocycles. The van der Waals surface area contributed by atoms with Crippen LogP contribution in [0.25, 0.3) is 0 Å². The predicted molar refractivity (Wildman–Crippen MR) is 91.6 cm³/mol. The zero-order chi connectivity index (χ0) is 15.4. The fourth-order valence-corrected chi connectivity index (χ4v) is 2.79. The van der Waals surface area contributed by atoms with Gasteiger partial charge in [-0.3, -0.25) is 14.5 Å². The van der Waals surface area contributed by atoms with Crippen molar-refractivity contribution in [3.63, 3.8) is 0 Å². The van der Waals surface area contributed by atoms with E-state index in [1.54, 1.807) is 12.4 Å². The average molecular weight is 336 g/mol. The molecule has 6 nitrogen and oxygen atoms in total. The van der Waals surface area contributed by atoms with Gasteiger partial charge in [0.2, 0.25) is 5.91 Å². The Labute approximate surface area is 142 Å². The topological polar surface area (TPSA) is 71.8 Å². The molecular formula is C16H22ClN5O. The van der Waals surface area contributed by atoms with E-state index in [9.17, 15) is 4.79 Å². The zero-order valence-corrected chi connectivity index (χ0v) is 13.9. The second kappa shape index (κ2) is 8.08. The highest BCUT2D eigenvalue weighted by Gasteiger charge is 2.25. The number of rotatable bonds is 4. The molecule has 1 saturated heterocycles. The number of piperidine rings is 1. The summed E-state index contributed by atoms with van der Waals surface area (Å²) in [7, 11) is 0. The first-order valence-corrected chi connectivity index (χ1v) is 7.67. The molecule has 23 heavy (non-hydrogen) atoms. The molecule has 1 aliphatic rings. The van der Waals surface area contributed by atoms with Gasteiger partial charge in [-0.2, -0.15) is 5.10 Å². The van der Waals surface area contributed by atoms with Gasteiger partial charge in [-0.15, -0.1) is 12.4 Å². The molecule has 3 rings (SSSR count). The zero-order valence-electron chi connectivity index (χ0n) is 13.1. The molecule has 0 spiro atoms. The minimum atomic E-state index is 0. The van der Waals surface area contributed by atoms with E-state index in [-0.39, 0.29) is 24.2 Å². The molecule has 2 atom stereocenters. The number of halogens is 1. The third-order valence-corrected chi connectivity index (χ3v) is 3.98. The minimum absolute atomic E-state index is 0. The van der Waals surface area contributed by atoms with Gasteiger partial charge in [0.1, 0.15) is 0 Å². The van der Waals surface area contributed by atoms with Gasteiger partial charge in [0.05, 0.1) is 6.54 Å². The summed E-state index contributed by atoms with van der Waals surface area (Å²) in [5.74, 6) is 0.759. The van der Waals surface area contributed by atoms with Crippen LogP contribution in [0.1, 0.15) is 25.3 Å². The lowest BCUT2D eigenvalue weighted by Gasteiger charge is -2.26. The quantitative estimate of drug-likeness (QED) is 0.897. The van der Waals surface area contributed by atoms with E-state index in [0.717, 1.165) is 24.9 Å². The van der Waals surface area contributed by atoms with E-state index in [2.05, 4.69) is 27.6 Å². The summed E-state index contributed by atoms with van der Waals surface area (Å²) in [6, 6.07) is 6.14. The minimum Gasteiger partial charge on any atom is -0.314 e. The molecule has 2 aromatic heterocycles. The molecule has 124 valence electrons. The maximum absolute atomic E-state index is 12.3. The number of pyridine rings is 1. The molecule has 1 fully saturated rings. The second-order valence-corrected chi connectivity index (χ2v) is 5.82. The molecule has 1 aliphatic heterocycles. The van der Waals surface area contributed by atoms with Gasteiger partial charge in [0.15, 0.2) is 5.82 Å².